The molecule has 194 valence electrons. The van der Waals surface area contributed by atoms with Crippen molar-refractivity contribution in [1.82, 2.24) is 19.2 Å². The van der Waals surface area contributed by atoms with Crippen LogP contribution in [0.15, 0.2) is 84.9 Å². The molecule has 2 amide bonds. The highest BCUT2D eigenvalue weighted by molar-refractivity contribution is 7.11. The summed E-state index contributed by atoms with van der Waals surface area (Å²) in [6.45, 7) is 1.93. The molecule has 0 fully saturated rings. The topological polar surface area (TPSA) is 135 Å². The van der Waals surface area contributed by atoms with Crippen LogP contribution in [-0.4, -0.2) is 42.7 Å². The number of amides is 2. The van der Waals surface area contributed by atoms with Gasteiger partial charge in [0, 0.05) is 40.8 Å². The average molecular weight is 547 g/mol. The maximum absolute atomic E-state index is 12.5. The lowest BCUT2D eigenvalue weighted by Crippen LogP contribution is -2.29. The number of imide groups is 1. The highest BCUT2D eigenvalue weighted by Gasteiger charge is 2.39. The van der Waals surface area contributed by atoms with Crippen molar-refractivity contribution in [3.05, 3.63) is 96.1 Å². The molecule has 0 unspecified atom stereocenters. The van der Waals surface area contributed by atoms with Crippen molar-refractivity contribution in [2.45, 2.75) is 14.4 Å². The molecule has 2 aromatic heterocycles. The molecule has 0 saturated heterocycles. The molecule has 11 heteroatoms. The van der Waals surface area contributed by atoms with Gasteiger partial charge in [0.25, 0.3) is 11.8 Å². The van der Waals surface area contributed by atoms with Crippen LogP contribution >= 0.6 is 23.1 Å². The molecule has 1 aliphatic rings. The third-order valence-electron chi connectivity index (χ3n) is 5.08. The van der Waals surface area contributed by atoms with Crippen molar-refractivity contribution < 1.29 is 14.7 Å². The Kier molecular flexibility index (Phi) is 9.88. The van der Waals surface area contributed by atoms with E-state index in [0.717, 1.165) is 33.3 Å². The Morgan fingerprint density at radius 3 is 1.63 bits per heavy atom. The van der Waals surface area contributed by atoms with Crippen molar-refractivity contribution in [2.24, 2.45) is 0 Å². The number of nitrogens with two attached hydrogens (primary N) is 1. The molecule has 0 saturated carbocycles. The largest absolute Gasteiger partial charge is 0.397 e. The third-order valence-corrected chi connectivity index (χ3v) is 6.34. The standard InChI is InChI=1S/C16H9N3O2S.C8H7N3S.C2H6O.CH4/c20-14-11-8-4-5-9-12(11)15(21)19(14)16-13(17-18-22-16)10-6-2-1-3-7-10;9-8-7(10-11-12-8)6-4-2-1-3-5-6;1-2-3;/h1-9H;1-5H,9H2;3H,2H2,1H3;1H4. The Hall–Kier alpha value is -4.32. The Labute approximate surface area is 228 Å². The number of hydrogen-bond donors (Lipinski definition) is 2. The summed E-state index contributed by atoms with van der Waals surface area (Å²) in [7, 11) is 0. The Morgan fingerprint density at radius 2 is 1.16 bits per heavy atom. The molecule has 5 aromatic rings. The highest BCUT2D eigenvalue weighted by Crippen LogP contribution is 2.37. The van der Waals surface area contributed by atoms with Gasteiger partial charge in [-0.2, -0.15) is 0 Å². The second-order valence-corrected chi connectivity index (χ2v) is 8.97. The fraction of sp³-hybridized carbons (Fsp3) is 0.111. The molecular formula is C27H26N6O3S2. The number of nitrogens with zero attached hydrogens (tertiary/aromatic N) is 5. The summed E-state index contributed by atoms with van der Waals surface area (Å²) in [5.41, 5.74) is 9.66. The van der Waals surface area contributed by atoms with Crippen LogP contribution in [0.5, 0.6) is 0 Å². The molecule has 3 N–H and O–H groups in total. The van der Waals surface area contributed by atoms with Crippen molar-refractivity contribution in [2.75, 3.05) is 17.2 Å². The maximum atomic E-state index is 12.5. The lowest BCUT2D eigenvalue weighted by atomic mass is 10.1. The number of aliphatic hydroxyl groups is 1. The lowest BCUT2D eigenvalue weighted by Gasteiger charge is -2.12. The monoisotopic (exact) mass is 546 g/mol. The zero-order valence-corrected chi connectivity index (χ0v) is 21.3. The van der Waals surface area contributed by atoms with Gasteiger partial charge in [-0.3, -0.25) is 9.59 Å². The van der Waals surface area contributed by atoms with E-state index in [2.05, 4.69) is 19.2 Å². The van der Waals surface area contributed by atoms with Crippen LogP contribution in [0.25, 0.3) is 22.5 Å². The van der Waals surface area contributed by atoms with E-state index in [1.165, 1.54) is 11.5 Å². The van der Waals surface area contributed by atoms with Gasteiger partial charge in [0.05, 0.1) is 11.1 Å². The second-order valence-electron chi connectivity index (χ2n) is 7.45. The minimum absolute atomic E-state index is 0. The van der Waals surface area contributed by atoms with E-state index in [1.54, 1.807) is 31.2 Å². The van der Waals surface area contributed by atoms with Gasteiger partial charge >= 0.3 is 0 Å². The number of aliphatic hydroxyl groups excluding tert-OH is 1. The first-order chi connectivity index (χ1) is 18.1. The zero-order chi connectivity index (χ0) is 26.2. The van der Waals surface area contributed by atoms with Gasteiger partial charge in [-0.15, -0.1) is 10.2 Å². The number of benzene rings is 3. The highest BCUT2D eigenvalue weighted by atomic mass is 32.1. The molecule has 0 bridgehead atoms. The summed E-state index contributed by atoms with van der Waals surface area (Å²) in [6, 6.07) is 26.0. The van der Waals surface area contributed by atoms with Gasteiger partial charge < -0.3 is 10.8 Å². The number of nitrogen functional groups attached to an aromatic ring is 1. The van der Waals surface area contributed by atoms with Gasteiger partial charge in [-0.1, -0.05) is 89.2 Å². The Morgan fingerprint density at radius 1 is 0.737 bits per heavy atom. The molecular weight excluding hydrogens is 520 g/mol. The molecule has 0 atom stereocenters. The normalized spacial score (nSPS) is 11.5. The molecule has 9 nitrogen and oxygen atoms in total. The quantitative estimate of drug-likeness (QED) is 0.286. The van der Waals surface area contributed by atoms with Crippen LogP contribution in [0.4, 0.5) is 10.0 Å². The number of hydrogen-bond acceptors (Lipinski definition) is 10. The van der Waals surface area contributed by atoms with Crippen molar-refractivity contribution in [3.63, 3.8) is 0 Å². The predicted molar refractivity (Wildman–Crippen MR) is 152 cm³/mol. The molecule has 0 radical (unpaired) electrons. The number of fused-ring (bicyclic) bond motifs is 1. The number of carbonyl (C=O) groups is 2. The Bertz CT molecular complexity index is 1450. The van der Waals surface area contributed by atoms with Crippen molar-refractivity contribution in [3.8, 4) is 22.5 Å². The summed E-state index contributed by atoms with van der Waals surface area (Å²) in [5, 5.41) is 16.7. The van der Waals surface area contributed by atoms with E-state index < -0.39 is 0 Å². The first kappa shape index (κ1) is 28.3. The van der Waals surface area contributed by atoms with Gasteiger partial charge in [0.15, 0.2) is 5.00 Å². The van der Waals surface area contributed by atoms with E-state index in [9.17, 15) is 9.59 Å². The lowest BCUT2D eigenvalue weighted by molar-refractivity contribution is 0.0927. The number of anilines is 2. The second kappa shape index (κ2) is 13.3. The zero-order valence-electron chi connectivity index (χ0n) is 19.7. The van der Waals surface area contributed by atoms with Crippen LogP contribution in [-0.2, 0) is 0 Å². The third kappa shape index (κ3) is 5.97. The van der Waals surface area contributed by atoms with E-state index in [0.29, 0.717) is 26.8 Å². The maximum Gasteiger partial charge on any atom is 0.266 e. The SMILES string of the molecule is C.CCO.Nc1snnc1-c1ccccc1.O=C1c2ccccc2C(=O)N1c1snnc1-c1ccccc1. The fourth-order valence-corrected chi connectivity index (χ4v) is 4.63. The molecule has 3 aromatic carbocycles. The summed E-state index contributed by atoms with van der Waals surface area (Å²) < 4.78 is 7.69. The van der Waals surface area contributed by atoms with E-state index in [-0.39, 0.29) is 25.8 Å². The molecule has 6 rings (SSSR count). The van der Waals surface area contributed by atoms with Gasteiger partial charge in [0.1, 0.15) is 16.4 Å². The average Bonchev–Trinajstić information content (AvgIpc) is 3.65. The summed E-state index contributed by atoms with van der Waals surface area (Å²) in [6.07, 6.45) is 0. The van der Waals surface area contributed by atoms with Gasteiger partial charge in [-0.25, -0.2) is 4.90 Å². The number of carbonyl (C=O) groups excluding carboxylic acids is 2. The van der Waals surface area contributed by atoms with Gasteiger partial charge in [0.2, 0.25) is 0 Å². The van der Waals surface area contributed by atoms with Crippen LogP contribution in [0.1, 0.15) is 35.1 Å². The van der Waals surface area contributed by atoms with E-state index in [1.807, 2.05) is 60.7 Å². The summed E-state index contributed by atoms with van der Waals surface area (Å²) >= 11 is 2.26. The minimum Gasteiger partial charge on any atom is -0.397 e. The van der Waals surface area contributed by atoms with E-state index in [4.69, 9.17) is 10.8 Å². The molecule has 38 heavy (non-hydrogen) atoms. The van der Waals surface area contributed by atoms with Crippen molar-refractivity contribution in [1.29, 1.82) is 0 Å². The minimum atomic E-state index is -0.330. The fourth-order valence-electron chi connectivity index (χ4n) is 3.48. The first-order valence-electron chi connectivity index (χ1n) is 11.2. The molecule has 0 aliphatic carbocycles. The molecule has 1 aliphatic heterocycles. The molecule has 3 heterocycles. The summed E-state index contributed by atoms with van der Waals surface area (Å²) in [5.74, 6) is -0.660. The van der Waals surface area contributed by atoms with Crippen LogP contribution in [0.3, 0.4) is 0 Å². The predicted octanol–water partition coefficient (Wildman–Crippen LogP) is 5.43. The molecule has 0 spiro atoms. The van der Waals surface area contributed by atoms with Gasteiger partial charge in [-0.05, 0) is 19.1 Å². The first-order valence-corrected chi connectivity index (χ1v) is 12.7. The number of aromatic nitrogens is 4. The summed E-state index contributed by atoms with van der Waals surface area (Å²) in [4.78, 5) is 26.3. The van der Waals surface area contributed by atoms with Crippen LogP contribution in [0.2, 0.25) is 0 Å². The number of rotatable bonds is 3. The smallest absolute Gasteiger partial charge is 0.266 e. The van der Waals surface area contributed by atoms with E-state index >= 15 is 0 Å². The van der Waals surface area contributed by atoms with Crippen LogP contribution in [0, 0.1) is 0 Å². The Balaban J connectivity index is 0.000000212. The van der Waals surface area contributed by atoms with Crippen LogP contribution < -0.4 is 10.6 Å². The van der Waals surface area contributed by atoms with Crippen molar-refractivity contribution >= 4 is 44.9 Å².